The predicted octanol–water partition coefficient (Wildman–Crippen LogP) is 2.79. The molecule has 23 heavy (non-hydrogen) atoms. The summed E-state index contributed by atoms with van der Waals surface area (Å²) in [5, 5.41) is 0.792. The lowest BCUT2D eigenvalue weighted by Gasteiger charge is -2.27. The largest absolute Gasteiger partial charge is 0.504 e. The van der Waals surface area contributed by atoms with Crippen LogP contribution in [0.2, 0.25) is 0 Å². The SMILES string of the molecule is CO/C=C1/C(=O)N(OCc2ccccc2)C(=O)c2ccccc21. The van der Waals surface area contributed by atoms with Crippen LogP contribution in [0.4, 0.5) is 0 Å². The van der Waals surface area contributed by atoms with E-state index in [-0.39, 0.29) is 12.2 Å². The fourth-order valence-corrected chi connectivity index (χ4v) is 2.39. The highest BCUT2D eigenvalue weighted by Crippen LogP contribution is 2.29. The number of amides is 2. The Balaban J connectivity index is 1.91. The number of hydrogen-bond donors (Lipinski definition) is 0. The summed E-state index contributed by atoms with van der Waals surface area (Å²) < 4.78 is 4.98. The zero-order chi connectivity index (χ0) is 16.2. The molecule has 0 aliphatic carbocycles. The maximum absolute atomic E-state index is 12.5. The van der Waals surface area contributed by atoms with E-state index in [0.29, 0.717) is 11.1 Å². The molecule has 1 heterocycles. The van der Waals surface area contributed by atoms with Crippen LogP contribution in [-0.2, 0) is 21.0 Å². The van der Waals surface area contributed by atoms with E-state index in [2.05, 4.69) is 0 Å². The summed E-state index contributed by atoms with van der Waals surface area (Å²) in [6, 6.07) is 16.2. The van der Waals surface area contributed by atoms with Crippen LogP contribution in [0.15, 0.2) is 60.9 Å². The van der Waals surface area contributed by atoms with Crippen LogP contribution in [-0.4, -0.2) is 24.0 Å². The number of rotatable bonds is 4. The number of nitrogens with zero attached hydrogens (tertiary/aromatic N) is 1. The second kappa shape index (κ2) is 6.46. The first kappa shape index (κ1) is 15.0. The van der Waals surface area contributed by atoms with Crippen molar-refractivity contribution < 1.29 is 19.2 Å². The van der Waals surface area contributed by atoms with Crippen LogP contribution in [0.5, 0.6) is 0 Å². The molecule has 0 atom stereocenters. The zero-order valence-corrected chi connectivity index (χ0v) is 12.6. The summed E-state index contributed by atoms with van der Waals surface area (Å²) in [7, 11) is 1.45. The molecule has 0 spiro atoms. The zero-order valence-electron chi connectivity index (χ0n) is 12.6. The molecule has 0 fully saturated rings. The van der Waals surface area contributed by atoms with Gasteiger partial charge in [0.25, 0.3) is 11.8 Å². The molecular formula is C18H15NO4. The highest BCUT2D eigenvalue weighted by molar-refractivity contribution is 6.30. The Bertz CT molecular complexity index is 768. The average Bonchev–Trinajstić information content (AvgIpc) is 2.59. The number of hydrogen-bond acceptors (Lipinski definition) is 4. The first-order valence-corrected chi connectivity index (χ1v) is 7.10. The molecule has 1 aliphatic rings. The lowest BCUT2D eigenvalue weighted by atomic mass is 9.95. The third-order valence-corrected chi connectivity index (χ3v) is 3.49. The lowest BCUT2D eigenvalue weighted by molar-refractivity contribution is -0.167. The van der Waals surface area contributed by atoms with Crippen LogP contribution in [0.3, 0.4) is 0 Å². The molecular weight excluding hydrogens is 294 g/mol. The van der Waals surface area contributed by atoms with Crippen molar-refractivity contribution in [2.75, 3.05) is 7.11 Å². The molecule has 0 unspecified atom stereocenters. The van der Waals surface area contributed by atoms with Crippen molar-refractivity contribution in [3.63, 3.8) is 0 Å². The van der Waals surface area contributed by atoms with Crippen LogP contribution < -0.4 is 0 Å². The number of imide groups is 1. The van der Waals surface area contributed by atoms with E-state index in [1.54, 1.807) is 24.3 Å². The van der Waals surface area contributed by atoms with Crippen molar-refractivity contribution in [3.05, 3.63) is 77.5 Å². The third kappa shape index (κ3) is 2.86. The molecule has 0 radical (unpaired) electrons. The molecule has 2 aromatic carbocycles. The maximum atomic E-state index is 12.5. The van der Waals surface area contributed by atoms with Gasteiger partial charge in [0.2, 0.25) is 0 Å². The summed E-state index contributed by atoms with van der Waals surface area (Å²) in [6.45, 7) is 0.126. The Morgan fingerprint density at radius 1 is 0.913 bits per heavy atom. The number of fused-ring (bicyclic) bond motifs is 1. The first-order valence-electron chi connectivity index (χ1n) is 7.10. The normalized spacial score (nSPS) is 15.7. The molecule has 0 aromatic heterocycles. The highest BCUT2D eigenvalue weighted by Gasteiger charge is 2.36. The van der Waals surface area contributed by atoms with E-state index in [1.807, 2.05) is 30.3 Å². The van der Waals surface area contributed by atoms with Gasteiger partial charge in [0, 0.05) is 5.56 Å². The van der Waals surface area contributed by atoms with E-state index in [1.165, 1.54) is 13.4 Å². The Morgan fingerprint density at radius 3 is 2.26 bits per heavy atom. The molecule has 0 saturated heterocycles. The Kier molecular flexibility index (Phi) is 4.21. The quantitative estimate of drug-likeness (QED) is 0.495. The third-order valence-electron chi connectivity index (χ3n) is 3.49. The lowest BCUT2D eigenvalue weighted by Crippen LogP contribution is -2.41. The Morgan fingerprint density at radius 2 is 1.57 bits per heavy atom. The number of benzene rings is 2. The van der Waals surface area contributed by atoms with Gasteiger partial charge in [-0.25, -0.2) is 0 Å². The topological polar surface area (TPSA) is 55.8 Å². The molecule has 0 saturated carbocycles. The average molecular weight is 309 g/mol. The minimum atomic E-state index is -0.536. The van der Waals surface area contributed by atoms with E-state index in [4.69, 9.17) is 9.57 Å². The van der Waals surface area contributed by atoms with E-state index in [9.17, 15) is 9.59 Å². The molecule has 3 rings (SSSR count). The highest BCUT2D eigenvalue weighted by atomic mass is 16.7. The smallest absolute Gasteiger partial charge is 0.288 e. The summed E-state index contributed by atoms with van der Waals surface area (Å²) >= 11 is 0. The van der Waals surface area contributed by atoms with Gasteiger partial charge < -0.3 is 4.74 Å². The van der Waals surface area contributed by atoms with Crippen molar-refractivity contribution in [2.24, 2.45) is 0 Å². The molecule has 0 bridgehead atoms. The monoisotopic (exact) mass is 309 g/mol. The van der Waals surface area contributed by atoms with Crippen molar-refractivity contribution in [3.8, 4) is 0 Å². The van der Waals surface area contributed by atoms with Gasteiger partial charge in [0.1, 0.15) is 6.61 Å². The first-order chi connectivity index (χ1) is 11.2. The van der Waals surface area contributed by atoms with Gasteiger partial charge in [-0.05, 0) is 11.6 Å². The number of carbonyl (C=O) groups is 2. The molecule has 2 amide bonds. The van der Waals surface area contributed by atoms with E-state index >= 15 is 0 Å². The minimum absolute atomic E-state index is 0.126. The van der Waals surface area contributed by atoms with Crippen molar-refractivity contribution in [1.29, 1.82) is 0 Å². The summed E-state index contributed by atoms with van der Waals surface area (Å²) in [5.74, 6) is -1.01. The molecule has 5 heteroatoms. The molecule has 2 aromatic rings. The number of methoxy groups -OCH3 is 1. The summed E-state index contributed by atoms with van der Waals surface area (Å²) in [4.78, 5) is 30.5. The summed E-state index contributed by atoms with van der Waals surface area (Å²) in [5.41, 5.74) is 2.10. The standard InChI is InChI=1S/C18H15NO4/c1-22-12-16-14-9-5-6-10-15(14)17(20)19(18(16)21)23-11-13-7-3-2-4-8-13/h2-10,12H,11H2,1H3/b16-12+. The Hall–Kier alpha value is -2.92. The maximum Gasteiger partial charge on any atom is 0.288 e. The molecule has 5 nitrogen and oxygen atoms in total. The number of hydroxylamine groups is 2. The number of carbonyl (C=O) groups excluding carboxylic acids is 2. The van der Waals surface area contributed by atoms with Gasteiger partial charge >= 0.3 is 0 Å². The summed E-state index contributed by atoms with van der Waals surface area (Å²) in [6.07, 6.45) is 1.33. The minimum Gasteiger partial charge on any atom is -0.504 e. The van der Waals surface area contributed by atoms with Crippen LogP contribution in [0.1, 0.15) is 21.5 Å². The molecule has 1 aliphatic heterocycles. The van der Waals surface area contributed by atoms with Gasteiger partial charge in [-0.1, -0.05) is 48.5 Å². The predicted molar refractivity (Wildman–Crippen MR) is 83.8 cm³/mol. The van der Waals surface area contributed by atoms with Gasteiger partial charge in [-0.2, -0.15) is 0 Å². The van der Waals surface area contributed by atoms with Crippen LogP contribution in [0, 0.1) is 0 Å². The van der Waals surface area contributed by atoms with Crippen molar-refractivity contribution in [2.45, 2.75) is 6.61 Å². The fraction of sp³-hybridized carbons (Fsp3) is 0.111. The van der Waals surface area contributed by atoms with Crippen LogP contribution >= 0.6 is 0 Å². The second-order valence-corrected chi connectivity index (χ2v) is 4.98. The number of ether oxygens (including phenoxy) is 1. The Labute approximate surface area is 133 Å². The second-order valence-electron chi connectivity index (χ2n) is 4.98. The van der Waals surface area contributed by atoms with E-state index < -0.39 is 11.8 Å². The van der Waals surface area contributed by atoms with Crippen molar-refractivity contribution in [1.82, 2.24) is 5.06 Å². The fourth-order valence-electron chi connectivity index (χ4n) is 2.39. The van der Waals surface area contributed by atoms with Crippen LogP contribution in [0.25, 0.3) is 5.57 Å². The van der Waals surface area contributed by atoms with Gasteiger partial charge in [0.15, 0.2) is 0 Å². The molecule has 116 valence electrons. The van der Waals surface area contributed by atoms with Gasteiger partial charge in [-0.3, -0.25) is 14.4 Å². The van der Waals surface area contributed by atoms with E-state index in [0.717, 1.165) is 10.6 Å². The van der Waals surface area contributed by atoms with Crippen molar-refractivity contribution >= 4 is 17.4 Å². The molecule has 0 N–H and O–H groups in total. The van der Waals surface area contributed by atoms with Gasteiger partial charge in [-0.15, -0.1) is 5.06 Å². The van der Waals surface area contributed by atoms with Gasteiger partial charge in [0.05, 0.1) is 24.5 Å².